The molecule has 11 heteroatoms. The van der Waals surface area contributed by atoms with Gasteiger partial charge in [-0.15, -0.1) is 0 Å². The predicted molar refractivity (Wildman–Crippen MR) is 109 cm³/mol. The highest BCUT2D eigenvalue weighted by atomic mass is 32.2. The molecule has 3 N–H and O–H groups in total. The van der Waals surface area contributed by atoms with Crippen molar-refractivity contribution in [3.63, 3.8) is 0 Å². The molecule has 0 aliphatic rings. The van der Waals surface area contributed by atoms with Crippen LogP contribution in [0.1, 0.15) is 6.42 Å². The molecule has 0 saturated heterocycles. The van der Waals surface area contributed by atoms with Gasteiger partial charge in [0.15, 0.2) is 17.2 Å². The lowest BCUT2D eigenvalue weighted by Gasteiger charge is -2.16. The maximum absolute atomic E-state index is 13.0. The fourth-order valence-corrected chi connectivity index (χ4v) is 3.63. The summed E-state index contributed by atoms with van der Waals surface area (Å²) in [6.07, 6.45) is 0.0183. The Kier molecular flexibility index (Phi) is 7.72. The Hall–Kier alpha value is -3.18. The van der Waals surface area contributed by atoms with Gasteiger partial charge in [0.1, 0.15) is 10.6 Å². The van der Waals surface area contributed by atoms with Crippen molar-refractivity contribution in [2.75, 3.05) is 40.3 Å². The third-order valence-electron chi connectivity index (χ3n) is 3.95. The molecule has 1 amide bonds. The molecule has 2 rings (SSSR count). The van der Waals surface area contributed by atoms with Crippen LogP contribution in [0.15, 0.2) is 35.2 Å². The van der Waals surface area contributed by atoms with Gasteiger partial charge in [-0.05, 0) is 12.1 Å². The van der Waals surface area contributed by atoms with E-state index in [0.717, 1.165) is 0 Å². The highest BCUT2D eigenvalue weighted by Gasteiger charge is 2.25. The van der Waals surface area contributed by atoms with Crippen LogP contribution in [0.25, 0.3) is 0 Å². The number of carbonyl (C=O) groups is 1. The number of amides is 1. The van der Waals surface area contributed by atoms with Crippen LogP contribution < -0.4 is 34.2 Å². The summed E-state index contributed by atoms with van der Waals surface area (Å²) < 4.78 is 51.9. The smallest absolute Gasteiger partial charge is 0.341 e. The van der Waals surface area contributed by atoms with Gasteiger partial charge in [-0.2, -0.15) is 8.42 Å². The zero-order valence-corrected chi connectivity index (χ0v) is 17.9. The Morgan fingerprint density at radius 1 is 0.933 bits per heavy atom. The Bertz CT molecular complexity index is 983. The van der Waals surface area contributed by atoms with Crippen molar-refractivity contribution < 1.29 is 36.3 Å². The molecule has 164 valence electrons. The summed E-state index contributed by atoms with van der Waals surface area (Å²) in [4.78, 5) is 11.7. The average Bonchev–Trinajstić information content (AvgIpc) is 2.72. The number of nitrogens with two attached hydrogens (primary N) is 1. The van der Waals surface area contributed by atoms with Crippen LogP contribution in [0.4, 0.5) is 5.69 Å². The lowest BCUT2D eigenvalue weighted by molar-refractivity contribution is -0.116. The summed E-state index contributed by atoms with van der Waals surface area (Å²) in [5.74, 6) is 0.546. The number of nitrogens with one attached hydrogen (secondary N) is 1. The quantitative estimate of drug-likeness (QED) is 0.530. The molecule has 0 aliphatic heterocycles. The molecule has 0 saturated carbocycles. The number of anilines is 1. The summed E-state index contributed by atoms with van der Waals surface area (Å²) in [5, 5.41) is 2.51. The van der Waals surface area contributed by atoms with Crippen LogP contribution in [-0.2, 0) is 14.9 Å². The Balaban J connectivity index is 2.48. The minimum absolute atomic E-state index is 0.000224. The van der Waals surface area contributed by atoms with E-state index in [1.807, 2.05) is 0 Å². The largest absolute Gasteiger partial charge is 0.497 e. The number of benzene rings is 2. The first-order valence-electron chi connectivity index (χ1n) is 8.72. The maximum Gasteiger partial charge on any atom is 0.341 e. The van der Waals surface area contributed by atoms with Gasteiger partial charge in [0.05, 0.1) is 34.1 Å². The fraction of sp³-hybridized carbons (Fsp3) is 0.316. The second-order valence-corrected chi connectivity index (χ2v) is 7.36. The Labute approximate surface area is 174 Å². The number of rotatable bonds is 10. The van der Waals surface area contributed by atoms with Gasteiger partial charge in [0.25, 0.3) is 0 Å². The van der Waals surface area contributed by atoms with E-state index in [9.17, 15) is 13.2 Å². The van der Waals surface area contributed by atoms with Crippen molar-refractivity contribution in [1.29, 1.82) is 0 Å². The first-order valence-corrected chi connectivity index (χ1v) is 10.1. The van der Waals surface area contributed by atoms with Crippen LogP contribution in [-0.4, -0.2) is 49.3 Å². The van der Waals surface area contributed by atoms with Crippen molar-refractivity contribution in [1.82, 2.24) is 0 Å². The average molecular weight is 440 g/mol. The molecule has 0 bridgehead atoms. The molecule has 30 heavy (non-hydrogen) atoms. The van der Waals surface area contributed by atoms with Gasteiger partial charge in [0.2, 0.25) is 11.7 Å². The molecule has 0 aliphatic carbocycles. The number of carbonyl (C=O) groups excluding carboxylic acids is 1. The van der Waals surface area contributed by atoms with Crippen LogP contribution in [0.5, 0.6) is 28.7 Å². The molecule has 0 spiro atoms. The third-order valence-corrected chi connectivity index (χ3v) is 5.25. The topological polar surface area (TPSA) is 135 Å². The molecular weight excluding hydrogens is 416 g/mol. The molecule has 0 fully saturated rings. The van der Waals surface area contributed by atoms with E-state index >= 15 is 0 Å². The van der Waals surface area contributed by atoms with Gasteiger partial charge in [-0.1, -0.05) is 0 Å². The molecule has 0 atom stereocenters. The van der Waals surface area contributed by atoms with E-state index in [1.165, 1.54) is 58.8 Å². The molecule has 0 unspecified atom stereocenters. The van der Waals surface area contributed by atoms with Gasteiger partial charge in [0, 0.05) is 31.2 Å². The van der Waals surface area contributed by atoms with E-state index in [0.29, 0.717) is 5.75 Å². The van der Waals surface area contributed by atoms with Crippen molar-refractivity contribution in [3.05, 3.63) is 30.3 Å². The van der Waals surface area contributed by atoms with Crippen LogP contribution in [0, 0.1) is 0 Å². The van der Waals surface area contributed by atoms with E-state index in [1.54, 1.807) is 0 Å². The molecular formula is C19H24N2O8S. The van der Waals surface area contributed by atoms with E-state index in [-0.39, 0.29) is 46.5 Å². The number of hydrogen-bond donors (Lipinski definition) is 2. The molecule has 0 aromatic heterocycles. The van der Waals surface area contributed by atoms with Gasteiger partial charge in [-0.3, -0.25) is 4.79 Å². The Morgan fingerprint density at radius 2 is 1.57 bits per heavy atom. The zero-order chi connectivity index (χ0) is 22.3. The zero-order valence-electron chi connectivity index (χ0n) is 17.1. The molecule has 0 heterocycles. The first kappa shape index (κ1) is 23.1. The number of methoxy groups -OCH3 is 4. The van der Waals surface area contributed by atoms with Crippen molar-refractivity contribution in [2.45, 2.75) is 11.3 Å². The van der Waals surface area contributed by atoms with Crippen molar-refractivity contribution in [2.24, 2.45) is 5.73 Å². The van der Waals surface area contributed by atoms with Crippen molar-refractivity contribution >= 4 is 21.7 Å². The summed E-state index contributed by atoms with van der Waals surface area (Å²) >= 11 is 0. The summed E-state index contributed by atoms with van der Waals surface area (Å²) in [5.41, 5.74) is 5.38. The lowest BCUT2D eigenvalue weighted by atomic mass is 10.2. The second-order valence-electron chi connectivity index (χ2n) is 5.85. The fourth-order valence-electron chi connectivity index (χ4n) is 2.57. The molecule has 2 aromatic carbocycles. The molecule has 2 aromatic rings. The summed E-state index contributed by atoms with van der Waals surface area (Å²) in [6, 6.07) is 6.76. The van der Waals surface area contributed by atoms with Gasteiger partial charge in [-0.25, -0.2) is 0 Å². The monoisotopic (exact) mass is 440 g/mol. The first-order chi connectivity index (χ1) is 14.3. The molecule has 0 radical (unpaired) electrons. The molecule has 10 nitrogen and oxygen atoms in total. The van der Waals surface area contributed by atoms with Crippen molar-refractivity contribution in [3.8, 4) is 28.7 Å². The van der Waals surface area contributed by atoms with Crippen LogP contribution in [0.3, 0.4) is 0 Å². The second kappa shape index (κ2) is 10.0. The van der Waals surface area contributed by atoms with Gasteiger partial charge < -0.3 is 34.2 Å². The van der Waals surface area contributed by atoms with Crippen LogP contribution >= 0.6 is 0 Å². The Morgan fingerprint density at radius 3 is 2.07 bits per heavy atom. The minimum Gasteiger partial charge on any atom is -0.497 e. The minimum atomic E-state index is -4.35. The normalized spacial score (nSPS) is 10.8. The SMILES string of the molecule is COc1ccc(S(=O)(=O)Oc2cc(OC)c(OC)c(OC)c2)c(NC(=O)CCN)c1. The maximum atomic E-state index is 13.0. The summed E-state index contributed by atoms with van der Waals surface area (Å²) in [6.45, 7) is 0.111. The van der Waals surface area contributed by atoms with Gasteiger partial charge >= 0.3 is 10.1 Å². The summed E-state index contributed by atoms with van der Waals surface area (Å²) in [7, 11) is 1.27. The predicted octanol–water partition coefficient (Wildman–Crippen LogP) is 1.78. The third kappa shape index (κ3) is 5.24. The number of hydrogen-bond acceptors (Lipinski definition) is 9. The standard InChI is InChI=1S/C19H24N2O8S/c1-25-12-5-6-17(14(9-12)21-18(22)7-8-20)30(23,24)29-13-10-15(26-2)19(28-4)16(11-13)27-3/h5-6,9-11H,7-8,20H2,1-4H3,(H,21,22). The number of ether oxygens (including phenoxy) is 4. The van der Waals surface area contributed by atoms with E-state index in [4.69, 9.17) is 28.9 Å². The van der Waals surface area contributed by atoms with E-state index < -0.39 is 16.0 Å². The highest BCUT2D eigenvalue weighted by molar-refractivity contribution is 7.87. The van der Waals surface area contributed by atoms with E-state index in [2.05, 4.69) is 5.32 Å². The highest BCUT2D eigenvalue weighted by Crippen LogP contribution is 2.41. The van der Waals surface area contributed by atoms with Crippen LogP contribution in [0.2, 0.25) is 0 Å². The lowest BCUT2D eigenvalue weighted by Crippen LogP contribution is -2.19.